The van der Waals surface area contributed by atoms with E-state index in [9.17, 15) is 0 Å². The van der Waals surface area contributed by atoms with Gasteiger partial charge in [-0.05, 0) is 28.4 Å². The molecule has 0 radical (unpaired) electrons. The minimum absolute atomic E-state index is 0.167. The van der Waals surface area contributed by atoms with E-state index < -0.39 is 0 Å². The topological polar surface area (TPSA) is 0 Å². The normalized spacial score (nSPS) is 15.7. The standard InChI is InChI=1S/C21H25.C10H15.C8H8.Zr/c1-20(2,3)16-7-9-18-14(12-16)11-15-13-17(21(4,5)6)8-10-19(15)18;1-7(2)10-6-8(3)5-9(10)4;1-7-3-5-8(2)6-4-7;/h7-10,12H,11H2,1-6H3;6-8H,1-4H3;1,3-6H,2H3;/q2*-1;;+2. The first-order valence-corrected chi connectivity index (χ1v) is 16.1. The number of rotatable bonds is 2. The van der Waals surface area contributed by atoms with Gasteiger partial charge in [-0.25, -0.2) is 5.57 Å². The van der Waals surface area contributed by atoms with Gasteiger partial charge >= 0.3 is 70.3 Å². The van der Waals surface area contributed by atoms with Crippen molar-refractivity contribution in [1.82, 2.24) is 0 Å². The Morgan fingerprint density at radius 1 is 0.850 bits per heavy atom. The average molecular weight is 608 g/mol. The zero-order valence-electron chi connectivity index (χ0n) is 26.7. The van der Waals surface area contributed by atoms with E-state index in [2.05, 4.69) is 153 Å². The Balaban J connectivity index is 0.000000193. The zero-order valence-corrected chi connectivity index (χ0v) is 29.2. The van der Waals surface area contributed by atoms with Crippen molar-refractivity contribution in [1.29, 1.82) is 0 Å². The Labute approximate surface area is 260 Å². The predicted octanol–water partition coefficient (Wildman–Crippen LogP) is 10.3. The van der Waals surface area contributed by atoms with Crippen molar-refractivity contribution in [2.75, 3.05) is 0 Å². The quantitative estimate of drug-likeness (QED) is 0.199. The Morgan fingerprint density at radius 3 is 1.95 bits per heavy atom. The van der Waals surface area contributed by atoms with Crippen molar-refractivity contribution in [3.63, 3.8) is 0 Å². The molecule has 0 bridgehead atoms. The van der Waals surface area contributed by atoms with Gasteiger partial charge in [0.25, 0.3) is 0 Å². The Morgan fingerprint density at radius 2 is 1.48 bits per heavy atom. The van der Waals surface area contributed by atoms with Gasteiger partial charge in [0.1, 0.15) is 0 Å². The molecule has 2 aliphatic carbocycles. The van der Waals surface area contributed by atoms with E-state index in [1.807, 2.05) is 0 Å². The number of hydrogen-bond donors (Lipinski definition) is 0. The van der Waals surface area contributed by atoms with Gasteiger partial charge in [0.05, 0.1) is 0 Å². The number of allylic oxidation sites excluding steroid dienone is 4. The maximum absolute atomic E-state index is 3.67. The summed E-state index contributed by atoms with van der Waals surface area (Å²) in [5.74, 6) is 1.20. The molecule has 1 atom stereocenters. The molecule has 0 spiro atoms. The van der Waals surface area contributed by atoms with Gasteiger partial charge in [-0.2, -0.15) is 35.4 Å². The number of hydrogen-bond acceptors (Lipinski definition) is 0. The second-order valence-corrected chi connectivity index (χ2v) is 14.4. The van der Waals surface area contributed by atoms with E-state index in [-0.39, 0.29) is 10.8 Å². The minimum atomic E-state index is 0.167. The molecule has 1 unspecified atom stereocenters. The molecule has 3 aromatic rings. The number of benzene rings is 3. The van der Waals surface area contributed by atoms with Crippen molar-refractivity contribution in [3.8, 4) is 11.1 Å². The predicted molar refractivity (Wildman–Crippen MR) is 172 cm³/mol. The molecule has 0 saturated carbocycles. The van der Waals surface area contributed by atoms with E-state index in [1.165, 1.54) is 79.9 Å². The molecule has 1 heteroatoms. The van der Waals surface area contributed by atoms with Crippen LogP contribution in [0.1, 0.15) is 103 Å². The first-order valence-electron chi connectivity index (χ1n) is 14.7. The van der Waals surface area contributed by atoms with E-state index in [0.29, 0.717) is 11.8 Å². The average Bonchev–Trinajstić information content (AvgIpc) is 3.42. The molecule has 3 aromatic carbocycles. The van der Waals surface area contributed by atoms with Crippen molar-refractivity contribution in [2.45, 2.75) is 93.4 Å². The summed E-state index contributed by atoms with van der Waals surface area (Å²) >= 11 is 1.47. The molecule has 40 heavy (non-hydrogen) atoms. The van der Waals surface area contributed by atoms with Crippen LogP contribution in [0.2, 0.25) is 0 Å². The first-order chi connectivity index (χ1) is 18.6. The fourth-order valence-electron chi connectivity index (χ4n) is 5.18. The van der Waals surface area contributed by atoms with E-state index in [4.69, 9.17) is 0 Å². The summed E-state index contributed by atoms with van der Waals surface area (Å²) in [6.07, 6.45) is 6.70. The molecule has 0 amide bonds. The summed E-state index contributed by atoms with van der Waals surface area (Å²) in [5, 5.41) is 0. The summed E-state index contributed by atoms with van der Waals surface area (Å²) in [6.45, 7) is 24.5. The van der Waals surface area contributed by atoms with Gasteiger partial charge < -0.3 is 0 Å². The van der Waals surface area contributed by atoms with Crippen molar-refractivity contribution >= 4 is 3.71 Å². The third kappa shape index (κ3) is 8.46. The van der Waals surface area contributed by atoms with Crippen LogP contribution in [0.15, 0.2) is 71.8 Å². The van der Waals surface area contributed by atoms with Gasteiger partial charge in [-0.1, -0.05) is 105 Å². The summed E-state index contributed by atoms with van der Waals surface area (Å²) in [4.78, 5) is 0. The maximum atomic E-state index is 3.67. The molecule has 0 fully saturated rings. The van der Waals surface area contributed by atoms with Crippen LogP contribution in [0.25, 0.3) is 11.1 Å². The Hall–Kier alpha value is -2.11. The fourth-order valence-corrected chi connectivity index (χ4v) is 5.65. The molecule has 0 heterocycles. The van der Waals surface area contributed by atoms with Crippen LogP contribution >= 0.6 is 0 Å². The van der Waals surface area contributed by atoms with E-state index in [0.717, 1.165) is 6.42 Å². The zero-order chi connectivity index (χ0) is 29.8. The molecule has 5 rings (SSSR count). The third-order valence-electron chi connectivity index (χ3n) is 7.64. The van der Waals surface area contributed by atoms with E-state index >= 15 is 0 Å². The number of fused-ring (bicyclic) bond motifs is 3. The molecule has 0 N–H and O–H groups in total. The number of aryl methyl sites for hydroxylation is 1. The molecule has 2 aliphatic rings. The van der Waals surface area contributed by atoms with Gasteiger partial charge in [0.15, 0.2) is 0 Å². The molecule has 208 valence electrons. The van der Waals surface area contributed by atoms with Crippen LogP contribution in [0.4, 0.5) is 0 Å². The second-order valence-electron chi connectivity index (χ2n) is 13.7. The second kappa shape index (κ2) is 13.2. The van der Waals surface area contributed by atoms with Gasteiger partial charge in [0, 0.05) is 0 Å². The van der Waals surface area contributed by atoms with Gasteiger partial charge in [-0.15, -0.1) is 11.1 Å². The monoisotopic (exact) mass is 606 g/mol. The van der Waals surface area contributed by atoms with Crippen molar-refractivity contribution in [2.24, 2.45) is 11.8 Å². The Kier molecular flexibility index (Phi) is 10.7. The molecular weight excluding hydrogens is 560 g/mol. The van der Waals surface area contributed by atoms with Crippen LogP contribution in [0.5, 0.6) is 0 Å². The summed E-state index contributed by atoms with van der Waals surface area (Å²) < 4.78 is 2.19. The molecular formula is C39H48Zr. The summed E-state index contributed by atoms with van der Waals surface area (Å²) in [5.41, 5.74) is 14.2. The molecule has 0 saturated heterocycles. The molecule has 0 aliphatic heterocycles. The van der Waals surface area contributed by atoms with Crippen LogP contribution < -0.4 is 0 Å². The Bertz CT molecular complexity index is 1320. The molecule has 0 nitrogen and oxygen atoms in total. The van der Waals surface area contributed by atoms with Crippen molar-refractivity contribution < 1.29 is 24.2 Å². The third-order valence-corrected chi connectivity index (χ3v) is 8.46. The summed E-state index contributed by atoms with van der Waals surface area (Å²) in [6, 6.07) is 23.7. The summed E-state index contributed by atoms with van der Waals surface area (Å²) in [7, 11) is 0. The van der Waals surface area contributed by atoms with Crippen LogP contribution in [-0.4, -0.2) is 3.71 Å². The van der Waals surface area contributed by atoms with Gasteiger partial charge in [0.2, 0.25) is 0 Å². The fraction of sp³-hybridized carbons (Fsp3) is 0.410. The SMILES string of the molecule is CC(C)(C)c1[c-]c2c(cc1)-c1ccc(C(C)(C)C)cc1C2.CC1=[C-]C(C)C=C1C(C)C.Cc1ccc([CH]=[Zr+2])cc1. The molecule has 0 aromatic heterocycles. The van der Waals surface area contributed by atoms with Crippen LogP contribution in [0, 0.1) is 30.9 Å². The van der Waals surface area contributed by atoms with Gasteiger partial charge in [-0.3, -0.25) is 6.08 Å². The first kappa shape index (κ1) is 32.4. The van der Waals surface area contributed by atoms with Crippen LogP contribution in [0.3, 0.4) is 0 Å². The van der Waals surface area contributed by atoms with E-state index in [1.54, 1.807) is 0 Å². The van der Waals surface area contributed by atoms with Crippen molar-refractivity contribution in [3.05, 3.63) is 117 Å². The van der Waals surface area contributed by atoms with Crippen LogP contribution in [-0.2, 0) is 41.5 Å².